The molecule has 78 valence electrons. The Bertz CT molecular complexity index is 238. The molecular formula is C11H15FO2. The van der Waals surface area contributed by atoms with E-state index in [4.69, 9.17) is 9.84 Å². The molecule has 1 aromatic carbocycles. The maximum atomic E-state index is 11.8. The van der Waals surface area contributed by atoms with Gasteiger partial charge in [-0.3, -0.25) is 0 Å². The van der Waals surface area contributed by atoms with Crippen LogP contribution in [0.1, 0.15) is 5.56 Å². The summed E-state index contributed by atoms with van der Waals surface area (Å²) in [6.07, 6.45) is -0.189. The van der Waals surface area contributed by atoms with Crippen molar-refractivity contribution in [2.75, 3.05) is 19.9 Å². The first-order chi connectivity index (χ1) is 6.83. The second kappa shape index (κ2) is 6.51. The highest BCUT2D eigenvalue weighted by molar-refractivity contribution is 5.14. The quantitative estimate of drug-likeness (QED) is 0.703. The van der Waals surface area contributed by atoms with Crippen molar-refractivity contribution in [3.05, 3.63) is 35.9 Å². The Morgan fingerprint density at radius 3 is 2.64 bits per heavy atom. The number of aliphatic hydroxyl groups excluding tert-OH is 1. The van der Waals surface area contributed by atoms with Crippen molar-refractivity contribution >= 4 is 0 Å². The molecule has 0 aliphatic carbocycles. The number of aliphatic hydroxyl groups is 1. The summed E-state index contributed by atoms with van der Waals surface area (Å²) in [6, 6.07) is 9.90. The van der Waals surface area contributed by atoms with Crippen LogP contribution in [0.15, 0.2) is 30.3 Å². The SMILES string of the molecule is O[C@H](CF)COCCc1ccccc1. The zero-order valence-electron chi connectivity index (χ0n) is 8.03. The molecule has 0 fully saturated rings. The predicted octanol–water partition coefficient (Wildman–Crippen LogP) is 1.58. The average Bonchev–Trinajstić information content (AvgIpc) is 2.25. The highest BCUT2D eigenvalue weighted by atomic mass is 19.1. The molecule has 0 spiro atoms. The smallest absolute Gasteiger partial charge is 0.118 e. The fourth-order valence-electron chi connectivity index (χ4n) is 1.10. The normalized spacial score (nSPS) is 12.7. The number of alkyl halides is 1. The minimum Gasteiger partial charge on any atom is -0.388 e. The molecule has 1 atom stereocenters. The fourth-order valence-corrected chi connectivity index (χ4v) is 1.10. The van der Waals surface area contributed by atoms with E-state index >= 15 is 0 Å². The van der Waals surface area contributed by atoms with Crippen molar-refractivity contribution in [2.24, 2.45) is 0 Å². The minimum absolute atomic E-state index is 0.0728. The van der Waals surface area contributed by atoms with E-state index in [0.29, 0.717) is 6.61 Å². The van der Waals surface area contributed by atoms with Crippen molar-refractivity contribution in [1.29, 1.82) is 0 Å². The predicted molar refractivity (Wildman–Crippen MR) is 52.9 cm³/mol. The van der Waals surface area contributed by atoms with Crippen LogP contribution in [-0.4, -0.2) is 31.1 Å². The summed E-state index contributed by atoms with van der Waals surface area (Å²) in [5.41, 5.74) is 1.18. The molecule has 0 amide bonds. The summed E-state index contributed by atoms with van der Waals surface area (Å²) < 4.78 is 16.9. The third-order valence-electron chi connectivity index (χ3n) is 1.87. The highest BCUT2D eigenvalue weighted by Gasteiger charge is 2.01. The van der Waals surface area contributed by atoms with Crippen molar-refractivity contribution in [3.63, 3.8) is 0 Å². The van der Waals surface area contributed by atoms with E-state index in [9.17, 15) is 4.39 Å². The summed E-state index contributed by atoms with van der Waals surface area (Å²) >= 11 is 0. The van der Waals surface area contributed by atoms with Crippen LogP contribution < -0.4 is 0 Å². The van der Waals surface area contributed by atoms with Crippen molar-refractivity contribution in [3.8, 4) is 0 Å². The van der Waals surface area contributed by atoms with Gasteiger partial charge < -0.3 is 9.84 Å². The topological polar surface area (TPSA) is 29.5 Å². The summed E-state index contributed by atoms with van der Waals surface area (Å²) in [4.78, 5) is 0. The summed E-state index contributed by atoms with van der Waals surface area (Å²) in [5.74, 6) is 0. The molecule has 0 aliphatic rings. The molecule has 1 aromatic rings. The first kappa shape index (κ1) is 11.1. The Kier molecular flexibility index (Phi) is 5.19. The van der Waals surface area contributed by atoms with Gasteiger partial charge in [-0.15, -0.1) is 0 Å². The Balaban J connectivity index is 2.10. The molecule has 0 aromatic heterocycles. The van der Waals surface area contributed by atoms with Crippen molar-refractivity contribution in [1.82, 2.24) is 0 Å². The van der Waals surface area contributed by atoms with Gasteiger partial charge in [0.25, 0.3) is 0 Å². The maximum Gasteiger partial charge on any atom is 0.118 e. The molecule has 0 heterocycles. The number of hydrogen-bond acceptors (Lipinski definition) is 2. The molecule has 0 bridgehead atoms. The Morgan fingerprint density at radius 1 is 1.29 bits per heavy atom. The second-order valence-corrected chi connectivity index (χ2v) is 3.12. The first-order valence-electron chi connectivity index (χ1n) is 4.68. The largest absolute Gasteiger partial charge is 0.388 e. The molecule has 0 unspecified atom stereocenters. The zero-order chi connectivity index (χ0) is 10.2. The average molecular weight is 198 g/mol. The molecule has 1 rings (SSSR count). The molecule has 0 radical (unpaired) electrons. The number of benzene rings is 1. The van der Waals surface area contributed by atoms with Crippen LogP contribution in [0.2, 0.25) is 0 Å². The molecule has 1 N–H and O–H groups in total. The van der Waals surface area contributed by atoms with Gasteiger partial charge in [-0.05, 0) is 12.0 Å². The second-order valence-electron chi connectivity index (χ2n) is 3.12. The van der Waals surface area contributed by atoms with E-state index in [-0.39, 0.29) is 6.61 Å². The lowest BCUT2D eigenvalue weighted by atomic mass is 10.2. The number of ether oxygens (including phenoxy) is 1. The summed E-state index contributed by atoms with van der Waals surface area (Å²) in [7, 11) is 0. The number of hydrogen-bond donors (Lipinski definition) is 1. The maximum absolute atomic E-state index is 11.8. The van der Waals surface area contributed by atoms with Crippen LogP contribution in [0.25, 0.3) is 0 Å². The molecule has 0 aliphatic heterocycles. The van der Waals surface area contributed by atoms with E-state index in [1.54, 1.807) is 0 Å². The Hall–Kier alpha value is -0.930. The van der Waals surface area contributed by atoms with Gasteiger partial charge in [0.05, 0.1) is 13.2 Å². The molecule has 2 nitrogen and oxygen atoms in total. The summed E-state index contributed by atoms with van der Waals surface area (Å²) in [5, 5.41) is 8.86. The van der Waals surface area contributed by atoms with Crippen LogP contribution in [-0.2, 0) is 11.2 Å². The number of rotatable bonds is 6. The van der Waals surface area contributed by atoms with Gasteiger partial charge in [0.1, 0.15) is 12.8 Å². The van der Waals surface area contributed by atoms with Gasteiger partial charge in [0.15, 0.2) is 0 Å². The van der Waals surface area contributed by atoms with Crippen LogP contribution in [0, 0.1) is 0 Å². The van der Waals surface area contributed by atoms with E-state index in [2.05, 4.69) is 0 Å². The lowest BCUT2D eigenvalue weighted by molar-refractivity contribution is 0.0253. The van der Waals surface area contributed by atoms with Gasteiger partial charge in [-0.1, -0.05) is 30.3 Å². The van der Waals surface area contributed by atoms with E-state index in [1.165, 1.54) is 5.56 Å². The van der Waals surface area contributed by atoms with Gasteiger partial charge in [-0.25, -0.2) is 4.39 Å². The lowest BCUT2D eigenvalue weighted by Crippen LogP contribution is -2.18. The van der Waals surface area contributed by atoms with E-state index in [0.717, 1.165) is 6.42 Å². The van der Waals surface area contributed by atoms with Crippen molar-refractivity contribution in [2.45, 2.75) is 12.5 Å². The molecule has 0 saturated carbocycles. The zero-order valence-corrected chi connectivity index (χ0v) is 8.03. The Morgan fingerprint density at radius 2 is 2.00 bits per heavy atom. The van der Waals surface area contributed by atoms with Gasteiger partial charge >= 0.3 is 0 Å². The van der Waals surface area contributed by atoms with E-state index < -0.39 is 12.8 Å². The molecule has 14 heavy (non-hydrogen) atoms. The van der Waals surface area contributed by atoms with Crippen LogP contribution >= 0.6 is 0 Å². The monoisotopic (exact) mass is 198 g/mol. The van der Waals surface area contributed by atoms with Gasteiger partial charge in [0, 0.05) is 0 Å². The molecule has 0 saturated heterocycles. The highest BCUT2D eigenvalue weighted by Crippen LogP contribution is 1.99. The van der Waals surface area contributed by atoms with Gasteiger partial charge in [0.2, 0.25) is 0 Å². The van der Waals surface area contributed by atoms with Crippen LogP contribution in [0.4, 0.5) is 4.39 Å². The van der Waals surface area contributed by atoms with Crippen LogP contribution in [0.5, 0.6) is 0 Å². The van der Waals surface area contributed by atoms with Crippen molar-refractivity contribution < 1.29 is 14.2 Å². The fraction of sp³-hybridized carbons (Fsp3) is 0.455. The number of halogens is 1. The Labute approximate surface area is 83.3 Å². The van der Waals surface area contributed by atoms with Gasteiger partial charge in [-0.2, -0.15) is 0 Å². The molecule has 3 heteroatoms. The first-order valence-corrected chi connectivity index (χ1v) is 4.68. The van der Waals surface area contributed by atoms with Crippen LogP contribution in [0.3, 0.4) is 0 Å². The lowest BCUT2D eigenvalue weighted by Gasteiger charge is -2.07. The molecular weight excluding hydrogens is 183 g/mol. The van der Waals surface area contributed by atoms with E-state index in [1.807, 2.05) is 30.3 Å². The third-order valence-corrected chi connectivity index (χ3v) is 1.87. The minimum atomic E-state index is -0.981. The summed E-state index contributed by atoms with van der Waals surface area (Å²) in [6.45, 7) is -0.157. The standard InChI is InChI=1S/C11H15FO2/c12-8-11(13)9-14-7-6-10-4-2-1-3-5-10/h1-5,11,13H,6-9H2/t11-/m1/s1. The third kappa shape index (κ3) is 4.35.